The molecule has 4 heteroatoms. The van der Waals surface area contributed by atoms with Crippen LogP contribution >= 0.6 is 23.4 Å². The Hall–Kier alpha value is -2.10. The lowest BCUT2D eigenvalue weighted by Gasteiger charge is -2.34. The molecule has 0 aliphatic carbocycles. The van der Waals surface area contributed by atoms with Crippen LogP contribution in [0.15, 0.2) is 71.6 Å². The minimum Gasteiger partial charge on any atom is -0.508 e. The number of aryl methyl sites for hydroxylation is 1. The molecule has 0 unspecified atom stereocenters. The maximum Gasteiger partial charge on any atom is 0.293 e. The summed E-state index contributed by atoms with van der Waals surface area (Å²) in [5, 5.41) is 5.28. The first kappa shape index (κ1) is 15.2. The minimum absolute atomic E-state index is 0.101. The molecule has 0 aromatic heterocycles. The molecule has 0 saturated carbocycles. The van der Waals surface area contributed by atoms with Crippen molar-refractivity contribution in [3.8, 4) is 11.5 Å². The Morgan fingerprint density at radius 3 is 2.52 bits per heavy atom. The average molecular weight is 371 g/mol. The summed E-state index contributed by atoms with van der Waals surface area (Å²) in [4.78, 5) is 1.06. The SMILES string of the molecule is [3H]Oc1ccc([C@H]2Oc3c(Cl)cc(C)cc3S[C@H]2c2ccccc2)cc1. The fourth-order valence-corrected chi connectivity index (χ4v) is 4.87. The van der Waals surface area contributed by atoms with E-state index in [0.29, 0.717) is 10.8 Å². The fourth-order valence-electron chi connectivity index (χ4n) is 3.07. The van der Waals surface area contributed by atoms with E-state index in [1.165, 1.54) is 5.56 Å². The van der Waals surface area contributed by atoms with Gasteiger partial charge < -0.3 is 9.85 Å². The van der Waals surface area contributed by atoms with Gasteiger partial charge in [-0.05, 0) is 47.9 Å². The molecule has 25 heavy (non-hydrogen) atoms. The van der Waals surface area contributed by atoms with Crippen LogP contribution in [-0.2, 0) is 0 Å². The van der Waals surface area contributed by atoms with Crippen LogP contribution in [0.1, 0.15) is 28.0 Å². The first-order valence-corrected chi connectivity index (χ1v) is 9.33. The molecule has 1 N–H and O–H groups in total. The number of hydrogen-bond acceptors (Lipinski definition) is 3. The van der Waals surface area contributed by atoms with Crippen molar-refractivity contribution in [1.82, 2.24) is 0 Å². The van der Waals surface area contributed by atoms with E-state index in [9.17, 15) is 0 Å². The number of halogens is 1. The van der Waals surface area contributed by atoms with Gasteiger partial charge in [0.2, 0.25) is 0 Å². The molecule has 0 fully saturated rings. The van der Waals surface area contributed by atoms with Crippen LogP contribution < -0.4 is 4.74 Å². The summed E-state index contributed by atoms with van der Waals surface area (Å²) in [7, 11) is 0. The number of fused-ring (bicyclic) bond motifs is 1. The maximum atomic E-state index is 7.02. The first-order chi connectivity index (χ1) is 12.7. The van der Waals surface area contributed by atoms with Crippen molar-refractivity contribution >= 4 is 23.4 Å². The van der Waals surface area contributed by atoms with E-state index in [2.05, 4.69) is 23.3 Å². The van der Waals surface area contributed by atoms with Crippen molar-refractivity contribution in [3.05, 3.63) is 88.4 Å². The second kappa shape index (κ2) is 6.66. The van der Waals surface area contributed by atoms with Gasteiger partial charge in [0, 0.05) is 0 Å². The summed E-state index contributed by atoms with van der Waals surface area (Å²) in [5.74, 6) is 1.24. The molecule has 3 aromatic carbocycles. The molecule has 1 aliphatic heterocycles. The highest BCUT2D eigenvalue weighted by Gasteiger charge is 2.34. The number of aromatic hydroxyl groups is 1. The topological polar surface area (TPSA) is 29.5 Å². The van der Waals surface area contributed by atoms with Gasteiger partial charge in [0.25, 0.3) is 1.43 Å². The molecule has 1 aliphatic rings. The summed E-state index contributed by atoms with van der Waals surface area (Å²) in [6.07, 6.45) is -0.185. The van der Waals surface area contributed by atoms with Crippen LogP contribution in [0.2, 0.25) is 5.02 Å². The van der Waals surface area contributed by atoms with Gasteiger partial charge in [-0.25, -0.2) is 0 Å². The zero-order valence-corrected chi connectivity index (χ0v) is 15.2. The van der Waals surface area contributed by atoms with Crippen LogP contribution in [-0.4, -0.2) is 6.54 Å². The smallest absolute Gasteiger partial charge is 0.293 e. The highest BCUT2D eigenvalue weighted by molar-refractivity contribution is 7.99. The van der Waals surface area contributed by atoms with E-state index < -0.39 is 0 Å². The summed E-state index contributed by atoms with van der Waals surface area (Å²) < 4.78 is 13.4. The van der Waals surface area contributed by atoms with Gasteiger partial charge in [-0.3, -0.25) is 0 Å². The second-order valence-electron chi connectivity index (χ2n) is 6.13. The molecule has 0 spiro atoms. The van der Waals surface area contributed by atoms with E-state index >= 15 is 0 Å². The largest absolute Gasteiger partial charge is 0.508 e. The van der Waals surface area contributed by atoms with E-state index in [1.807, 2.05) is 43.3 Å². The highest BCUT2D eigenvalue weighted by atomic mass is 35.5. The Balaban J connectivity index is 1.80. The van der Waals surface area contributed by atoms with Gasteiger partial charge in [-0.1, -0.05) is 54.1 Å². The lowest BCUT2D eigenvalue weighted by atomic mass is 10.00. The summed E-state index contributed by atoms with van der Waals surface area (Å²) in [5.41, 5.74) is 3.34. The van der Waals surface area contributed by atoms with Crippen LogP contribution in [0.3, 0.4) is 0 Å². The monoisotopic (exact) mass is 370 g/mol. The summed E-state index contributed by atoms with van der Waals surface area (Å²) in [6.45, 7) is 2.04. The Bertz CT molecular complexity index is 915. The highest BCUT2D eigenvalue weighted by Crippen LogP contribution is 2.55. The number of benzene rings is 3. The van der Waals surface area contributed by atoms with E-state index in [1.54, 1.807) is 23.9 Å². The number of ether oxygens (including phenoxy) is 1. The number of phenols is 1. The molecule has 0 amide bonds. The van der Waals surface area contributed by atoms with Crippen molar-refractivity contribution in [2.24, 2.45) is 0 Å². The number of thioether (sulfide) groups is 1. The summed E-state index contributed by atoms with van der Waals surface area (Å²) >= 11 is 8.23. The fraction of sp³-hybridized carbons (Fsp3) is 0.143. The molecular weight excluding hydrogens is 352 g/mol. The van der Waals surface area contributed by atoms with Gasteiger partial charge in [0.15, 0.2) is 5.75 Å². The Labute approximate surface area is 157 Å². The van der Waals surface area contributed by atoms with Crippen LogP contribution in [0, 0.1) is 6.92 Å². The molecular formula is C21H17ClO2S. The first-order valence-electron chi connectivity index (χ1n) is 8.48. The normalized spacial score (nSPS) is 19.5. The lowest BCUT2D eigenvalue weighted by molar-refractivity contribution is 0.191. The van der Waals surface area contributed by atoms with Crippen LogP contribution in [0.5, 0.6) is 11.5 Å². The van der Waals surface area contributed by atoms with Gasteiger partial charge in [0.05, 0.1) is 15.2 Å². The van der Waals surface area contributed by atoms with Crippen molar-refractivity contribution in [3.63, 3.8) is 0 Å². The number of hydrogen-bond donors (Lipinski definition) is 1. The molecule has 1 heterocycles. The second-order valence-corrected chi connectivity index (χ2v) is 7.72. The summed E-state index contributed by atoms with van der Waals surface area (Å²) in [6, 6.07) is 21.8. The van der Waals surface area contributed by atoms with Gasteiger partial charge in [-0.2, -0.15) is 0 Å². The molecule has 0 bridgehead atoms. The van der Waals surface area contributed by atoms with Gasteiger partial charge >= 0.3 is 0 Å². The third-order valence-electron chi connectivity index (χ3n) is 4.26. The maximum absolute atomic E-state index is 7.02. The minimum atomic E-state index is -0.185. The Kier molecular flexibility index (Phi) is 4.04. The number of rotatable bonds is 3. The Morgan fingerprint density at radius 2 is 1.80 bits per heavy atom. The van der Waals surface area contributed by atoms with E-state index in [4.69, 9.17) is 17.8 Å². The predicted molar refractivity (Wildman–Crippen MR) is 103 cm³/mol. The molecule has 0 saturated heterocycles. The molecule has 3 aromatic rings. The quantitative estimate of drug-likeness (QED) is 0.584. The zero-order valence-electron chi connectivity index (χ0n) is 14.6. The molecule has 4 rings (SSSR count). The van der Waals surface area contributed by atoms with Crippen molar-refractivity contribution in [1.29, 1.82) is 1.43 Å². The van der Waals surface area contributed by atoms with Crippen molar-refractivity contribution in [2.75, 3.05) is 0 Å². The standard InChI is InChI=1S/C21H17ClO2S/c1-13-11-17(22)20-18(12-13)25-21(15-5-3-2-4-6-15)19(24-20)14-7-9-16(23)10-8-14/h2-12,19,21,23H,1H3/t19-,21+/m1/s1/i/hT. The van der Waals surface area contributed by atoms with E-state index in [-0.39, 0.29) is 11.4 Å². The molecule has 126 valence electrons. The van der Waals surface area contributed by atoms with Gasteiger partial charge in [-0.15, -0.1) is 11.8 Å². The lowest BCUT2D eigenvalue weighted by Crippen LogP contribution is -2.19. The predicted octanol–water partition coefficient (Wildman–Crippen LogP) is 6.32. The third kappa shape index (κ3) is 3.22. The zero-order chi connectivity index (χ0) is 18.1. The average Bonchev–Trinajstić information content (AvgIpc) is 2.68. The number of phenolic OH excluding ortho intramolecular Hbond substituents is 1. The van der Waals surface area contributed by atoms with Crippen molar-refractivity contribution in [2.45, 2.75) is 23.2 Å². The van der Waals surface area contributed by atoms with Crippen LogP contribution in [0.25, 0.3) is 0 Å². The van der Waals surface area contributed by atoms with Gasteiger partial charge in [0.1, 0.15) is 11.9 Å². The van der Waals surface area contributed by atoms with Crippen molar-refractivity contribution < 1.29 is 9.85 Å². The Morgan fingerprint density at radius 1 is 1.04 bits per heavy atom. The molecule has 2 atom stereocenters. The third-order valence-corrected chi connectivity index (χ3v) is 5.88. The van der Waals surface area contributed by atoms with E-state index in [0.717, 1.165) is 21.8 Å². The molecule has 0 radical (unpaired) electrons. The molecule has 2 nitrogen and oxygen atoms in total. The van der Waals surface area contributed by atoms with Crippen LogP contribution in [0.4, 0.5) is 0 Å².